The Morgan fingerprint density at radius 1 is 0.950 bits per heavy atom. The zero-order valence-corrected chi connectivity index (χ0v) is 13.8. The Morgan fingerprint density at radius 3 is 2.05 bits per heavy atom. The summed E-state index contributed by atoms with van der Waals surface area (Å²) in [6.07, 6.45) is 4.73. The summed E-state index contributed by atoms with van der Waals surface area (Å²) in [4.78, 5) is 8.95. The van der Waals surface area contributed by atoms with Gasteiger partial charge in [0.05, 0.1) is 5.56 Å². The van der Waals surface area contributed by atoms with Gasteiger partial charge in [0.1, 0.15) is 16.1 Å². The Hall–Kier alpha value is -0.640. The minimum absolute atomic E-state index is 0.406. The summed E-state index contributed by atoms with van der Waals surface area (Å²) in [5, 5.41) is 0.878. The predicted molar refractivity (Wildman–Crippen MR) is 86.4 cm³/mol. The van der Waals surface area contributed by atoms with Crippen LogP contribution in [0, 0.1) is 0 Å². The topological polar surface area (TPSA) is 25.8 Å². The number of aromatic nitrogens is 2. The first kappa shape index (κ1) is 14.3. The van der Waals surface area contributed by atoms with Crippen molar-refractivity contribution in [2.45, 2.75) is 31.6 Å². The quantitative estimate of drug-likeness (QED) is 0.617. The van der Waals surface area contributed by atoms with Crippen LogP contribution in [0.2, 0.25) is 10.3 Å². The van der Waals surface area contributed by atoms with E-state index in [1.165, 1.54) is 12.8 Å². The summed E-state index contributed by atoms with van der Waals surface area (Å²) in [6.45, 7) is 0. The highest BCUT2D eigenvalue weighted by molar-refractivity contribution is 9.10. The van der Waals surface area contributed by atoms with E-state index in [4.69, 9.17) is 23.2 Å². The minimum atomic E-state index is 0.406. The van der Waals surface area contributed by atoms with E-state index in [1.54, 1.807) is 0 Å². The lowest BCUT2D eigenvalue weighted by atomic mass is 10.1. The second kappa shape index (κ2) is 6.00. The Morgan fingerprint density at radius 2 is 1.50 bits per heavy atom. The maximum atomic E-state index is 6.34. The van der Waals surface area contributed by atoms with Crippen molar-refractivity contribution in [3.63, 3.8) is 0 Å². The zero-order chi connectivity index (χ0) is 14.1. The Balaban J connectivity index is 2.02. The highest BCUT2D eigenvalue weighted by Crippen LogP contribution is 2.37. The van der Waals surface area contributed by atoms with Gasteiger partial charge in [0.2, 0.25) is 0 Å². The number of benzene rings is 1. The molecule has 0 N–H and O–H groups in total. The van der Waals surface area contributed by atoms with Gasteiger partial charge in [-0.05, 0) is 30.5 Å². The van der Waals surface area contributed by atoms with Gasteiger partial charge in [-0.1, -0.05) is 64.1 Å². The molecular weight excluding hydrogens is 359 g/mol. The molecule has 0 aliphatic heterocycles. The van der Waals surface area contributed by atoms with E-state index in [1.807, 2.05) is 24.3 Å². The monoisotopic (exact) mass is 370 g/mol. The van der Waals surface area contributed by atoms with E-state index in [0.29, 0.717) is 21.8 Å². The fourth-order valence-electron chi connectivity index (χ4n) is 2.64. The molecule has 1 aromatic heterocycles. The predicted octanol–water partition coefficient (Wildman–Crippen LogP) is 5.87. The highest BCUT2D eigenvalue weighted by Gasteiger charge is 2.22. The number of hydrogen-bond acceptors (Lipinski definition) is 2. The van der Waals surface area contributed by atoms with E-state index in [-0.39, 0.29) is 0 Å². The smallest absolute Gasteiger partial charge is 0.142 e. The summed E-state index contributed by atoms with van der Waals surface area (Å²) in [7, 11) is 0. The molecule has 1 saturated carbocycles. The standard InChI is InChI=1S/C15H13BrCl2N2/c16-11-7-5-9(6-8-11)12-13(17)19-15(20-14(12)18)10-3-1-2-4-10/h5-8,10H,1-4H2. The second-order valence-electron chi connectivity index (χ2n) is 5.03. The van der Waals surface area contributed by atoms with Gasteiger partial charge in [0.25, 0.3) is 0 Å². The third-order valence-electron chi connectivity index (χ3n) is 3.69. The Labute approximate surface area is 136 Å². The van der Waals surface area contributed by atoms with Crippen LogP contribution in [0.1, 0.15) is 37.4 Å². The number of hydrogen-bond donors (Lipinski definition) is 0. The van der Waals surface area contributed by atoms with E-state index < -0.39 is 0 Å². The van der Waals surface area contributed by atoms with Crippen LogP contribution in [0.3, 0.4) is 0 Å². The van der Waals surface area contributed by atoms with Crippen LogP contribution in [0.15, 0.2) is 28.7 Å². The van der Waals surface area contributed by atoms with Crippen LogP contribution >= 0.6 is 39.1 Å². The average Bonchev–Trinajstić information content (AvgIpc) is 2.94. The third kappa shape index (κ3) is 2.85. The summed E-state index contributed by atoms with van der Waals surface area (Å²) in [6, 6.07) is 7.81. The van der Waals surface area contributed by atoms with Crippen LogP contribution in [-0.4, -0.2) is 9.97 Å². The number of rotatable bonds is 2. The molecule has 1 aliphatic rings. The molecule has 2 nitrogen and oxygen atoms in total. The molecule has 0 bridgehead atoms. The summed E-state index contributed by atoms with van der Waals surface area (Å²) < 4.78 is 1.01. The molecule has 0 amide bonds. The molecule has 104 valence electrons. The molecule has 20 heavy (non-hydrogen) atoms. The van der Waals surface area contributed by atoms with Gasteiger partial charge in [-0.2, -0.15) is 0 Å². The van der Waals surface area contributed by atoms with Crippen LogP contribution in [0.25, 0.3) is 11.1 Å². The molecule has 2 aromatic rings. The minimum Gasteiger partial charge on any atom is -0.220 e. The first-order valence-electron chi connectivity index (χ1n) is 6.64. The molecule has 3 rings (SSSR count). The lowest BCUT2D eigenvalue weighted by Gasteiger charge is -2.12. The lowest BCUT2D eigenvalue weighted by molar-refractivity contribution is 0.668. The largest absolute Gasteiger partial charge is 0.220 e. The Bertz CT molecular complexity index is 599. The molecule has 0 spiro atoms. The molecule has 0 atom stereocenters. The van der Waals surface area contributed by atoms with Crippen molar-refractivity contribution in [1.82, 2.24) is 9.97 Å². The molecule has 5 heteroatoms. The first-order valence-corrected chi connectivity index (χ1v) is 8.19. The normalized spacial score (nSPS) is 15.8. The van der Waals surface area contributed by atoms with Crippen molar-refractivity contribution in [3.05, 3.63) is 44.9 Å². The summed E-state index contributed by atoms with van der Waals surface area (Å²) in [5.41, 5.74) is 1.64. The summed E-state index contributed by atoms with van der Waals surface area (Å²) in [5.74, 6) is 1.20. The van der Waals surface area contributed by atoms with Crippen molar-refractivity contribution < 1.29 is 0 Å². The second-order valence-corrected chi connectivity index (χ2v) is 6.66. The van der Waals surface area contributed by atoms with Gasteiger partial charge < -0.3 is 0 Å². The number of nitrogens with zero attached hydrogens (tertiary/aromatic N) is 2. The van der Waals surface area contributed by atoms with E-state index in [0.717, 1.165) is 28.7 Å². The van der Waals surface area contributed by atoms with E-state index in [9.17, 15) is 0 Å². The SMILES string of the molecule is Clc1nc(C2CCCC2)nc(Cl)c1-c1ccc(Br)cc1. The molecule has 1 aromatic carbocycles. The van der Waals surface area contributed by atoms with Crippen LogP contribution < -0.4 is 0 Å². The van der Waals surface area contributed by atoms with Crippen molar-refractivity contribution >= 4 is 39.1 Å². The van der Waals surface area contributed by atoms with Crippen molar-refractivity contribution in [3.8, 4) is 11.1 Å². The molecule has 1 heterocycles. The fourth-order valence-corrected chi connectivity index (χ4v) is 3.53. The fraction of sp³-hybridized carbons (Fsp3) is 0.333. The molecule has 1 aliphatic carbocycles. The van der Waals surface area contributed by atoms with Crippen molar-refractivity contribution in [1.29, 1.82) is 0 Å². The maximum Gasteiger partial charge on any atom is 0.142 e. The average molecular weight is 372 g/mol. The van der Waals surface area contributed by atoms with E-state index in [2.05, 4.69) is 25.9 Å². The first-order chi connectivity index (χ1) is 9.65. The third-order valence-corrected chi connectivity index (χ3v) is 4.77. The van der Waals surface area contributed by atoms with Crippen LogP contribution in [0.5, 0.6) is 0 Å². The van der Waals surface area contributed by atoms with Gasteiger partial charge in [-0.15, -0.1) is 0 Å². The summed E-state index contributed by atoms with van der Waals surface area (Å²) >= 11 is 16.1. The van der Waals surface area contributed by atoms with Crippen molar-refractivity contribution in [2.24, 2.45) is 0 Å². The van der Waals surface area contributed by atoms with E-state index >= 15 is 0 Å². The van der Waals surface area contributed by atoms with Crippen molar-refractivity contribution in [2.75, 3.05) is 0 Å². The molecule has 0 saturated heterocycles. The highest BCUT2D eigenvalue weighted by atomic mass is 79.9. The molecule has 0 unspecified atom stereocenters. The lowest BCUT2D eigenvalue weighted by Crippen LogP contribution is -2.02. The van der Waals surface area contributed by atoms with Crippen LogP contribution in [-0.2, 0) is 0 Å². The van der Waals surface area contributed by atoms with Gasteiger partial charge >= 0.3 is 0 Å². The van der Waals surface area contributed by atoms with Gasteiger partial charge in [-0.25, -0.2) is 9.97 Å². The number of halogens is 3. The zero-order valence-electron chi connectivity index (χ0n) is 10.7. The Kier molecular flexibility index (Phi) is 4.29. The molecule has 0 radical (unpaired) electrons. The van der Waals surface area contributed by atoms with Gasteiger partial charge in [-0.3, -0.25) is 0 Å². The molecular formula is C15H13BrCl2N2. The van der Waals surface area contributed by atoms with Gasteiger partial charge in [0, 0.05) is 10.4 Å². The maximum absolute atomic E-state index is 6.34. The van der Waals surface area contributed by atoms with Crippen LogP contribution in [0.4, 0.5) is 0 Å². The van der Waals surface area contributed by atoms with Gasteiger partial charge in [0.15, 0.2) is 0 Å². The molecule has 1 fully saturated rings.